The van der Waals surface area contributed by atoms with Crippen LogP contribution >= 0.6 is 0 Å². The van der Waals surface area contributed by atoms with Gasteiger partial charge in [0.2, 0.25) is 0 Å². The van der Waals surface area contributed by atoms with E-state index in [4.69, 9.17) is 4.74 Å². The van der Waals surface area contributed by atoms with Gasteiger partial charge >= 0.3 is 5.69 Å². The minimum absolute atomic E-state index is 0.0560. The van der Waals surface area contributed by atoms with E-state index in [9.17, 15) is 24.6 Å². The summed E-state index contributed by atoms with van der Waals surface area (Å²) in [5, 5.41) is 23.0. The molecule has 3 rings (SSSR count). The van der Waals surface area contributed by atoms with Gasteiger partial charge < -0.3 is 20.3 Å². The van der Waals surface area contributed by atoms with Crippen molar-refractivity contribution < 1.29 is 19.7 Å². The molecular weight excluding hydrogens is 342 g/mol. The third-order valence-electron chi connectivity index (χ3n) is 4.26. The lowest BCUT2D eigenvalue weighted by atomic mass is 10.1. The van der Waals surface area contributed by atoms with Gasteiger partial charge in [-0.05, 0) is 19.1 Å². The van der Waals surface area contributed by atoms with Gasteiger partial charge in [-0.15, -0.1) is 0 Å². The van der Waals surface area contributed by atoms with Crippen LogP contribution in [0.2, 0.25) is 0 Å². The highest BCUT2D eigenvalue weighted by molar-refractivity contribution is 5.94. The highest BCUT2D eigenvalue weighted by atomic mass is 16.6. The molecule has 1 saturated heterocycles. The van der Waals surface area contributed by atoms with Gasteiger partial charge in [0.1, 0.15) is 18.3 Å². The highest BCUT2D eigenvalue weighted by Crippen LogP contribution is 2.28. The van der Waals surface area contributed by atoms with Crippen molar-refractivity contribution >= 4 is 5.91 Å². The lowest BCUT2D eigenvalue weighted by Gasteiger charge is -2.17. The van der Waals surface area contributed by atoms with E-state index in [1.165, 1.54) is 13.1 Å². The van der Waals surface area contributed by atoms with Crippen molar-refractivity contribution in [3.63, 3.8) is 0 Å². The van der Waals surface area contributed by atoms with Crippen LogP contribution in [0.5, 0.6) is 0 Å². The molecule has 2 heterocycles. The van der Waals surface area contributed by atoms with Gasteiger partial charge in [-0.1, -0.05) is 18.2 Å². The van der Waals surface area contributed by atoms with Crippen molar-refractivity contribution in [2.24, 2.45) is 0 Å². The molecule has 4 atom stereocenters. The van der Waals surface area contributed by atoms with Crippen LogP contribution in [-0.4, -0.2) is 50.5 Å². The van der Waals surface area contributed by atoms with E-state index in [1.807, 2.05) is 0 Å². The number of hydrogen-bond acceptors (Lipinski definition) is 6. The molecule has 0 aliphatic carbocycles. The van der Waals surface area contributed by atoms with Crippen LogP contribution in [0.25, 0.3) is 0 Å². The molecule has 9 nitrogen and oxygen atoms in total. The molecule has 1 aliphatic heterocycles. The Morgan fingerprint density at radius 3 is 2.62 bits per heavy atom. The summed E-state index contributed by atoms with van der Waals surface area (Å²) in [5.41, 5.74) is -0.586. The highest BCUT2D eigenvalue weighted by Gasteiger charge is 2.44. The zero-order chi connectivity index (χ0) is 18.8. The minimum atomic E-state index is -1.39. The first-order valence-corrected chi connectivity index (χ1v) is 8.05. The SMILES string of the molecule is Cc1cn([C@@H]2O[C@H](CNC(=O)c3ccccc3)C(O)C2O)c(=O)[nH]c1=O. The summed E-state index contributed by atoms with van der Waals surface area (Å²) in [5.74, 6) is -0.351. The van der Waals surface area contributed by atoms with Crippen LogP contribution in [-0.2, 0) is 4.74 Å². The molecule has 1 aromatic carbocycles. The van der Waals surface area contributed by atoms with E-state index in [0.29, 0.717) is 5.56 Å². The van der Waals surface area contributed by atoms with Crippen molar-refractivity contribution in [1.29, 1.82) is 0 Å². The number of carbonyl (C=O) groups excluding carboxylic acids is 1. The molecule has 1 fully saturated rings. The summed E-state index contributed by atoms with van der Waals surface area (Å²) in [6.45, 7) is 1.45. The Hall–Kier alpha value is -2.75. The number of nitrogens with one attached hydrogen (secondary N) is 2. The van der Waals surface area contributed by atoms with E-state index < -0.39 is 35.8 Å². The maximum Gasteiger partial charge on any atom is 0.330 e. The van der Waals surface area contributed by atoms with Crippen molar-refractivity contribution in [2.75, 3.05) is 6.54 Å². The molecule has 1 aromatic heterocycles. The largest absolute Gasteiger partial charge is 0.387 e. The van der Waals surface area contributed by atoms with Crippen molar-refractivity contribution in [3.8, 4) is 0 Å². The fraction of sp³-hybridized carbons (Fsp3) is 0.353. The summed E-state index contributed by atoms with van der Waals surface area (Å²) in [6.07, 6.45) is -3.53. The molecule has 4 N–H and O–H groups in total. The third kappa shape index (κ3) is 3.45. The summed E-state index contributed by atoms with van der Waals surface area (Å²) < 4.78 is 6.58. The zero-order valence-corrected chi connectivity index (χ0v) is 14.0. The van der Waals surface area contributed by atoms with E-state index in [2.05, 4.69) is 10.3 Å². The summed E-state index contributed by atoms with van der Waals surface area (Å²) in [4.78, 5) is 37.6. The average Bonchev–Trinajstić information content (AvgIpc) is 2.91. The molecule has 9 heteroatoms. The molecule has 0 bridgehead atoms. The zero-order valence-electron chi connectivity index (χ0n) is 14.0. The number of aromatic amines is 1. The average molecular weight is 361 g/mol. The first-order valence-electron chi connectivity index (χ1n) is 8.05. The predicted molar refractivity (Wildman–Crippen MR) is 90.8 cm³/mol. The maximum absolute atomic E-state index is 12.1. The lowest BCUT2D eigenvalue weighted by Crippen LogP contribution is -2.40. The first kappa shape index (κ1) is 18.1. The molecule has 1 amide bonds. The number of ether oxygens (including phenoxy) is 1. The second-order valence-electron chi connectivity index (χ2n) is 6.10. The Balaban J connectivity index is 1.72. The Morgan fingerprint density at radius 2 is 1.92 bits per heavy atom. The van der Waals surface area contributed by atoms with Gasteiger partial charge in [-0.25, -0.2) is 4.79 Å². The second kappa shape index (κ2) is 7.24. The molecule has 26 heavy (non-hydrogen) atoms. The van der Waals surface area contributed by atoms with Crippen LogP contribution in [0.15, 0.2) is 46.1 Å². The number of hydrogen-bond donors (Lipinski definition) is 4. The smallest absolute Gasteiger partial charge is 0.330 e. The standard InChI is InChI=1S/C17H19N3O6/c1-9-8-20(17(25)19-14(9)23)16-13(22)12(21)11(26-16)7-18-15(24)10-5-3-2-4-6-10/h2-6,8,11-13,16,21-22H,7H2,1H3,(H,18,24)(H,19,23,25)/t11-,12?,13?,16-/m1/s1. The number of H-pyrrole nitrogens is 1. The summed E-state index contributed by atoms with van der Waals surface area (Å²) in [6, 6.07) is 8.51. The number of aliphatic hydroxyl groups excluding tert-OH is 2. The Bertz CT molecular complexity index is 907. The van der Waals surface area contributed by atoms with Gasteiger partial charge in [0.25, 0.3) is 11.5 Å². The minimum Gasteiger partial charge on any atom is -0.387 e. The molecule has 0 radical (unpaired) electrons. The fourth-order valence-corrected chi connectivity index (χ4v) is 2.79. The number of nitrogens with zero attached hydrogens (tertiary/aromatic N) is 1. The number of aliphatic hydroxyl groups is 2. The van der Waals surface area contributed by atoms with E-state index in [-0.39, 0.29) is 18.0 Å². The molecule has 2 unspecified atom stereocenters. The molecule has 0 spiro atoms. The van der Waals surface area contributed by atoms with Gasteiger partial charge in [0, 0.05) is 23.9 Å². The van der Waals surface area contributed by atoms with Crippen LogP contribution in [0.3, 0.4) is 0 Å². The van der Waals surface area contributed by atoms with E-state index in [1.54, 1.807) is 30.3 Å². The van der Waals surface area contributed by atoms with Crippen LogP contribution < -0.4 is 16.6 Å². The maximum atomic E-state index is 12.1. The Kier molecular flexibility index (Phi) is 5.03. The van der Waals surface area contributed by atoms with Crippen LogP contribution in [0.1, 0.15) is 22.1 Å². The number of rotatable bonds is 4. The number of benzene rings is 1. The topological polar surface area (TPSA) is 134 Å². The number of aromatic nitrogens is 2. The quantitative estimate of drug-likeness (QED) is 0.546. The van der Waals surface area contributed by atoms with Gasteiger partial charge in [0.15, 0.2) is 6.23 Å². The molecule has 0 saturated carbocycles. The number of carbonyl (C=O) groups is 1. The fourth-order valence-electron chi connectivity index (χ4n) is 2.79. The van der Waals surface area contributed by atoms with Gasteiger partial charge in [-0.2, -0.15) is 0 Å². The normalized spacial score (nSPS) is 25.2. The van der Waals surface area contributed by atoms with Crippen LogP contribution in [0, 0.1) is 6.92 Å². The Morgan fingerprint density at radius 1 is 1.23 bits per heavy atom. The van der Waals surface area contributed by atoms with Crippen molar-refractivity contribution in [1.82, 2.24) is 14.9 Å². The number of aryl methyl sites for hydroxylation is 1. The van der Waals surface area contributed by atoms with Gasteiger partial charge in [0.05, 0.1) is 0 Å². The second-order valence-corrected chi connectivity index (χ2v) is 6.10. The van der Waals surface area contributed by atoms with E-state index in [0.717, 1.165) is 4.57 Å². The van der Waals surface area contributed by atoms with E-state index >= 15 is 0 Å². The molecule has 138 valence electrons. The molecule has 1 aliphatic rings. The van der Waals surface area contributed by atoms with Crippen molar-refractivity contribution in [3.05, 3.63) is 68.5 Å². The third-order valence-corrected chi connectivity index (χ3v) is 4.26. The number of amides is 1. The van der Waals surface area contributed by atoms with Crippen LogP contribution in [0.4, 0.5) is 0 Å². The summed E-state index contributed by atoms with van der Waals surface area (Å²) >= 11 is 0. The monoisotopic (exact) mass is 361 g/mol. The Labute approximate surface area is 147 Å². The predicted octanol–water partition coefficient (Wildman–Crippen LogP) is -1.11. The molecular formula is C17H19N3O6. The first-order chi connectivity index (χ1) is 12.4. The van der Waals surface area contributed by atoms with Gasteiger partial charge in [-0.3, -0.25) is 19.1 Å². The molecule has 2 aromatic rings. The summed E-state index contributed by atoms with van der Waals surface area (Å²) in [7, 11) is 0. The lowest BCUT2D eigenvalue weighted by molar-refractivity contribution is -0.0388. The van der Waals surface area contributed by atoms with Crippen molar-refractivity contribution in [2.45, 2.75) is 31.5 Å².